The molecule has 1 atom stereocenters. The van der Waals surface area contributed by atoms with E-state index in [0.29, 0.717) is 0 Å². The van der Waals surface area contributed by atoms with E-state index in [9.17, 15) is 18.0 Å². The van der Waals surface area contributed by atoms with Gasteiger partial charge in [-0.2, -0.15) is 0 Å². The molecule has 1 aromatic rings. The van der Waals surface area contributed by atoms with Crippen molar-refractivity contribution >= 4 is 33.8 Å². The van der Waals surface area contributed by atoms with Crippen LogP contribution in [0.5, 0.6) is 5.75 Å². The summed E-state index contributed by atoms with van der Waals surface area (Å²) in [4.78, 5) is 11.6. The first-order chi connectivity index (χ1) is 8.07. The van der Waals surface area contributed by atoms with Crippen LogP contribution in [0.1, 0.15) is 20.8 Å². The van der Waals surface area contributed by atoms with Crippen LogP contribution in [-0.4, -0.2) is 13.8 Å². The topological polar surface area (TPSA) is 26.3 Å². The van der Waals surface area contributed by atoms with E-state index < -0.39 is 39.9 Å². The highest BCUT2D eigenvalue weighted by Gasteiger charge is 2.28. The first-order valence-corrected chi connectivity index (χ1v) is 5.80. The van der Waals surface area contributed by atoms with Gasteiger partial charge in [-0.1, -0.05) is 9.24 Å². The van der Waals surface area contributed by atoms with Crippen molar-refractivity contribution in [3.05, 3.63) is 17.5 Å². The molecule has 0 aliphatic heterocycles. The number of ether oxygens (including phenoxy) is 1. The molecule has 0 aliphatic carbocycles. The minimum atomic E-state index is -1.30. The molecule has 0 amide bonds. The van der Waals surface area contributed by atoms with Crippen LogP contribution in [0.2, 0.25) is 0 Å². The standard InChI is InChI=1S/C11H13BF3O2P/c1-11(2,3)10(16)17-8-4(12)5(13)6(14)9(18)7(8)15/h12,18H2,1-3H3. The molecule has 2 nitrogen and oxygen atoms in total. The number of carbonyl (C=O) groups excluding carboxylic acids is 1. The number of hydrogen-bond acceptors (Lipinski definition) is 2. The lowest BCUT2D eigenvalue weighted by Gasteiger charge is -2.19. The lowest BCUT2D eigenvalue weighted by atomic mass is 9.93. The monoisotopic (exact) mass is 276 g/mol. The van der Waals surface area contributed by atoms with Gasteiger partial charge in [-0.3, -0.25) is 4.79 Å². The van der Waals surface area contributed by atoms with E-state index in [4.69, 9.17) is 4.74 Å². The van der Waals surface area contributed by atoms with Crippen LogP contribution in [0.25, 0.3) is 0 Å². The first-order valence-electron chi connectivity index (χ1n) is 5.22. The highest BCUT2D eigenvalue weighted by Crippen LogP contribution is 2.22. The Balaban J connectivity index is 3.31. The fourth-order valence-electron chi connectivity index (χ4n) is 1.13. The van der Waals surface area contributed by atoms with Gasteiger partial charge >= 0.3 is 5.97 Å². The number of halogens is 3. The maximum Gasteiger partial charge on any atom is 0.316 e. The SMILES string of the molecule is Bc1c(F)c(F)c(P)c(F)c1OC(=O)C(C)(C)C. The van der Waals surface area contributed by atoms with Gasteiger partial charge in [-0.05, 0) is 26.2 Å². The van der Waals surface area contributed by atoms with E-state index in [0.717, 1.165) is 7.85 Å². The Morgan fingerprint density at radius 2 is 1.67 bits per heavy atom. The molecule has 0 fully saturated rings. The van der Waals surface area contributed by atoms with Crippen molar-refractivity contribution in [2.24, 2.45) is 5.41 Å². The summed E-state index contributed by atoms with van der Waals surface area (Å²) in [7, 11) is 2.90. The molecule has 0 N–H and O–H groups in total. The van der Waals surface area contributed by atoms with Crippen molar-refractivity contribution < 1.29 is 22.7 Å². The molecule has 0 heterocycles. The summed E-state index contributed by atoms with van der Waals surface area (Å²) in [5, 5.41) is -0.588. The van der Waals surface area contributed by atoms with Gasteiger partial charge < -0.3 is 4.74 Å². The smallest absolute Gasteiger partial charge is 0.316 e. The van der Waals surface area contributed by atoms with Crippen molar-refractivity contribution in [1.82, 2.24) is 0 Å². The third-order valence-corrected chi connectivity index (χ3v) is 2.85. The molecule has 0 aromatic heterocycles. The van der Waals surface area contributed by atoms with Crippen LogP contribution in [0, 0.1) is 22.9 Å². The normalized spacial score (nSPS) is 11.5. The maximum absolute atomic E-state index is 13.7. The third kappa shape index (κ3) is 2.69. The van der Waals surface area contributed by atoms with Gasteiger partial charge in [0.1, 0.15) is 7.85 Å². The van der Waals surface area contributed by atoms with E-state index in [1.54, 1.807) is 30.0 Å². The van der Waals surface area contributed by atoms with Gasteiger partial charge in [0.2, 0.25) is 0 Å². The average Bonchev–Trinajstić information content (AvgIpc) is 2.28. The number of benzene rings is 1. The molecule has 0 saturated carbocycles. The van der Waals surface area contributed by atoms with Crippen LogP contribution in [0.4, 0.5) is 13.2 Å². The second-order valence-corrected chi connectivity index (χ2v) is 5.53. The molecule has 1 unspecified atom stereocenters. The number of rotatable bonds is 1. The molecule has 0 bridgehead atoms. The van der Waals surface area contributed by atoms with E-state index in [1.807, 2.05) is 0 Å². The van der Waals surface area contributed by atoms with Gasteiger partial charge in [-0.25, -0.2) is 13.2 Å². The van der Waals surface area contributed by atoms with Gasteiger partial charge in [0, 0.05) is 5.30 Å². The van der Waals surface area contributed by atoms with Crippen LogP contribution >= 0.6 is 9.24 Å². The van der Waals surface area contributed by atoms with Gasteiger partial charge in [0.05, 0.1) is 5.41 Å². The zero-order chi connectivity index (χ0) is 14.2. The lowest BCUT2D eigenvalue weighted by Crippen LogP contribution is -2.31. The number of esters is 1. The van der Waals surface area contributed by atoms with Gasteiger partial charge in [-0.15, -0.1) is 0 Å². The number of carbonyl (C=O) groups is 1. The Morgan fingerprint density at radius 1 is 1.17 bits per heavy atom. The van der Waals surface area contributed by atoms with Crippen LogP contribution in [-0.2, 0) is 4.79 Å². The van der Waals surface area contributed by atoms with Gasteiger partial charge in [0.15, 0.2) is 23.2 Å². The van der Waals surface area contributed by atoms with Crippen molar-refractivity contribution in [2.75, 3.05) is 0 Å². The lowest BCUT2D eigenvalue weighted by molar-refractivity contribution is -0.143. The molecule has 18 heavy (non-hydrogen) atoms. The van der Waals surface area contributed by atoms with Crippen molar-refractivity contribution in [2.45, 2.75) is 20.8 Å². The molecule has 1 aromatic carbocycles. The summed E-state index contributed by atoms with van der Waals surface area (Å²) in [5.41, 5.74) is -1.24. The minimum absolute atomic E-state index is 0.367. The van der Waals surface area contributed by atoms with Crippen molar-refractivity contribution in [3.63, 3.8) is 0 Å². The summed E-state index contributed by atoms with van der Waals surface area (Å²) in [6.45, 7) is 4.72. The molecule has 98 valence electrons. The van der Waals surface area contributed by atoms with Crippen LogP contribution < -0.4 is 15.5 Å². The Labute approximate surface area is 107 Å². The van der Waals surface area contributed by atoms with Crippen LogP contribution in [0.15, 0.2) is 0 Å². The minimum Gasteiger partial charge on any atom is -0.423 e. The second-order valence-electron chi connectivity index (χ2n) is 4.95. The Kier molecular flexibility index (Phi) is 4.11. The van der Waals surface area contributed by atoms with Gasteiger partial charge in [0.25, 0.3) is 0 Å². The molecule has 0 aliphatic rings. The Hall–Kier alpha value is -1.03. The number of hydrogen-bond donors (Lipinski definition) is 0. The summed E-state index contributed by atoms with van der Waals surface area (Å²) in [6, 6.07) is 0. The highest BCUT2D eigenvalue weighted by molar-refractivity contribution is 7.27. The van der Waals surface area contributed by atoms with Crippen molar-refractivity contribution in [3.8, 4) is 5.75 Å². The molecule has 0 saturated heterocycles. The zero-order valence-electron chi connectivity index (χ0n) is 10.5. The molecular weight excluding hydrogens is 263 g/mol. The Morgan fingerprint density at radius 3 is 2.11 bits per heavy atom. The summed E-state index contributed by atoms with van der Waals surface area (Å²) >= 11 is 0. The predicted molar refractivity (Wildman–Crippen MR) is 68.9 cm³/mol. The van der Waals surface area contributed by atoms with E-state index in [2.05, 4.69) is 0 Å². The quantitative estimate of drug-likeness (QED) is 0.249. The summed E-state index contributed by atoms with van der Waals surface area (Å²) in [5.74, 6) is -4.91. The summed E-state index contributed by atoms with van der Waals surface area (Å²) < 4.78 is 45.2. The van der Waals surface area contributed by atoms with Crippen LogP contribution in [0.3, 0.4) is 0 Å². The Bertz CT molecular complexity index is 483. The molecule has 0 spiro atoms. The highest BCUT2D eigenvalue weighted by atomic mass is 31.0. The summed E-state index contributed by atoms with van der Waals surface area (Å²) in [6.07, 6.45) is 0. The van der Waals surface area contributed by atoms with Crippen molar-refractivity contribution in [1.29, 1.82) is 0 Å². The predicted octanol–water partition coefficient (Wildman–Crippen LogP) is 0.814. The third-order valence-electron chi connectivity index (χ3n) is 2.34. The van der Waals surface area contributed by atoms with E-state index in [1.165, 1.54) is 0 Å². The molecule has 0 radical (unpaired) electrons. The largest absolute Gasteiger partial charge is 0.423 e. The first kappa shape index (κ1) is 15.0. The molecular formula is C11H13BF3O2P. The average molecular weight is 276 g/mol. The van der Waals surface area contributed by atoms with E-state index >= 15 is 0 Å². The zero-order valence-corrected chi connectivity index (χ0v) is 11.7. The second kappa shape index (κ2) is 4.92. The fourth-order valence-corrected chi connectivity index (χ4v) is 1.39. The maximum atomic E-state index is 13.7. The van der Waals surface area contributed by atoms with E-state index in [-0.39, 0.29) is 5.46 Å². The fraction of sp³-hybridized carbons (Fsp3) is 0.364. The molecule has 1 rings (SSSR count). The molecule has 7 heteroatoms.